The highest BCUT2D eigenvalue weighted by atomic mass is 16.5. The molecule has 2 aromatic heterocycles. The Kier molecular flexibility index (Phi) is 10.8. The van der Waals surface area contributed by atoms with Crippen LogP contribution in [0.4, 0.5) is 11.8 Å². The van der Waals surface area contributed by atoms with Gasteiger partial charge in [-0.2, -0.15) is 0 Å². The van der Waals surface area contributed by atoms with Crippen molar-refractivity contribution in [2.75, 3.05) is 63.3 Å². The van der Waals surface area contributed by atoms with E-state index in [1.54, 1.807) is 0 Å². The van der Waals surface area contributed by atoms with Crippen molar-refractivity contribution in [2.24, 2.45) is 16.6 Å². The van der Waals surface area contributed by atoms with Gasteiger partial charge >= 0.3 is 0 Å². The third-order valence-corrected chi connectivity index (χ3v) is 8.24. The van der Waals surface area contributed by atoms with Crippen molar-refractivity contribution in [2.45, 2.75) is 79.3 Å². The number of nitrogens with zero attached hydrogens (tertiary/aromatic N) is 8. The standard InChI is InChI=1S/C29H45N9O.C2H6/c1-6-8-24(30)31-17-23(20(2)3)26-33-27(36-13-15-39-16-14-36)25-28(34-26)38(18-21-9-7-10-21)29(32-25)37-12-11-22(19-37)35(4)5;1-2/h8,17,21-22H,6-7,9-16,18-19,30H2,1-5H3;1-2H3/b24-8+,31-17-;. The Hall–Kier alpha value is -2.98. The van der Waals surface area contributed by atoms with Crippen LogP contribution in [0, 0.1) is 5.92 Å². The predicted octanol–water partition coefficient (Wildman–Crippen LogP) is 4.70. The number of aliphatic imine (C=N–C) groups is 1. The molecular weight excluding hydrogens is 514 g/mol. The Morgan fingerprint density at radius 3 is 2.37 bits per heavy atom. The number of rotatable bonds is 9. The van der Waals surface area contributed by atoms with Gasteiger partial charge < -0.3 is 25.2 Å². The molecule has 0 radical (unpaired) electrons. The Bertz CT molecular complexity index is 1250. The lowest BCUT2D eigenvalue weighted by Crippen LogP contribution is -2.37. The van der Waals surface area contributed by atoms with Crippen LogP contribution in [0.15, 0.2) is 22.5 Å². The predicted molar refractivity (Wildman–Crippen MR) is 171 cm³/mol. The van der Waals surface area contributed by atoms with Crippen LogP contribution in [0.2, 0.25) is 0 Å². The fourth-order valence-electron chi connectivity index (χ4n) is 5.59. The smallest absolute Gasteiger partial charge is 0.207 e. The molecule has 3 aliphatic rings. The van der Waals surface area contributed by atoms with Crippen molar-refractivity contribution < 1.29 is 4.74 Å². The van der Waals surface area contributed by atoms with Crippen LogP contribution >= 0.6 is 0 Å². The fraction of sp³-hybridized carbons (Fsp3) is 0.677. The average Bonchev–Trinajstić information content (AvgIpc) is 3.57. The molecule has 1 aliphatic carbocycles. The number of hydrogen-bond donors (Lipinski definition) is 1. The zero-order valence-corrected chi connectivity index (χ0v) is 26.4. The molecule has 3 fully saturated rings. The number of anilines is 2. The molecule has 1 saturated carbocycles. The van der Waals surface area contributed by atoms with Crippen molar-refractivity contribution in [3.8, 4) is 0 Å². The summed E-state index contributed by atoms with van der Waals surface area (Å²) >= 11 is 0. The molecule has 0 aromatic carbocycles. The van der Waals surface area contributed by atoms with Gasteiger partial charge in [-0.15, -0.1) is 0 Å². The van der Waals surface area contributed by atoms with Crippen LogP contribution in [0.1, 0.15) is 72.5 Å². The third-order valence-electron chi connectivity index (χ3n) is 8.24. The van der Waals surface area contributed by atoms with E-state index in [1.165, 1.54) is 19.3 Å². The minimum absolute atomic E-state index is 0.507. The number of nitrogens with two attached hydrogens (primary N) is 1. The SMILES string of the molecule is CC.CC/C=C(N)/N=C\C(=C(C)C)c1nc(N2CCOCC2)c2nc(N3CCC(N(C)C)C3)n(CC3CCC3)c2n1. The molecule has 10 heteroatoms. The number of allylic oxidation sites excluding steroid dienone is 3. The number of hydrogen-bond acceptors (Lipinski definition) is 9. The first-order valence-electron chi connectivity index (χ1n) is 15.6. The monoisotopic (exact) mass is 565 g/mol. The summed E-state index contributed by atoms with van der Waals surface area (Å²) in [5, 5.41) is 0. The van der Waals surface area contributed by atoms with E-state index in [-0.39, 0.29) is 0 Å². The first-order chi connectivity index (χ1) is 19.9. The summed E-state index contributed by atoms with van der Waals surface area (Å²) in [4.78, 5) is 27.3. The highest BCUT2D eigenvalue weighted by molar-refractivity contribution is 6.10. The maximum atomic E-state index is 6.11. The van der Waals surface area contributed by atoms with Gasteiger partial charge in [-0.1, -0.05) is 32.8 Å². The summed E-state index contributed by atoms with van der Waals surface area (Å²) in [6.45, 7) is 16.1. The molecule has 2 N–H and O–H groups in total. The Morgan fingerprint density at radius 2 is 1.78 bits per heavy atom. The number of ether oxygens (including phenoxy) is 1. The quantitative estimate of drug-likeness (QED) is 0.437. The van der Waals surface area contributed by atoms with Crippen LogP contribution in [0.25, 0.3) is 16.7 Å². The maximum absolute atomic E-state index is 6.11. The molecule has 2 saturated heterocycles. The summed E-state index contributed by atoms with van der Waals surface area (Å²) in [6.07, 6.45) is 9.55. The van der Waals surface area contributed by atoms with Gasteiger partial charge in [0, 0.05) is 50.6 Å². The fourth-order valence-corrected chi connectivity index (χ4v) is 5.59. The first-order valence-corrected chi connectivity index (χ1v) is 15.6. The second kappa shape index (κ2) is 14.3. The second-order valence-corrected chi connectivity index (χ2v) is 11.5. The number of morpholine rings is 1. The minimum Gasteiger partial charge on any atom is -0.384 e. The van der Waals surface area contributed by atoms with Gasteiger partial charge in [0.1, 0.15) is 5.82 Å². The molecule has 1 unspecified atom stereocenters. The second-order valence-electron chi connectivity index (χ2n) is 11.5. The molecule has 2 aromatic rings. The van der Waals surface area contributed by atoms with Gasteiger partial charge in [-0.3, -0.25) is 4.57 Å². The van der Waals surface area contributed by atoms with Gasteiger partial charge in [-0.05, 0) is 65.6 Å². The maximum Gasteiger partial charge on any atom is 0.207 e. The Balaban J connectivity index is 0.00000189. The van der Waals surface area contributed by atoms with E-state index in [1.807, 2.05) is 26.1 Å². The zero-order valence-electron chi connectivity index (χ0n) is 26.4. The van der Waals surface area contributed by atoms with Crippen molar-refractivity contribution in [1.29, 1.82) is 0 Å². The summed E-state index contributed by atoms with van der Waals surface area (Å²) in [7, 11) is 4.34. The highest BCUT2D eigenvalue weighted by Gasteiger charge is 2.32. The summed E-state index contributed by atoms with van der Waals surface area (Å²) in [6, 6.07) is 0.525. The van der Waals surface area contributed by atoms with Crippen LogP contribution in [-0.2, 0) is 11.3 Å². The third kappa shape index (κ3) is 7.09. The van der Waals surface area contributed by atoms with Gasteiger partial charge in [0.2, 0.25) is 5.95 Å². The lowest BCUT2D eigenvalue weighted by molar-refractivity contribution is 0.122. The minimum atomic E-state index is 0.507. The summed E-state index contributed by atoms with van der Waals surface area (Å²) in [5.41, 5.74) is 9.90. The molecular formula is C31H51N9O. The van der Waals surface area contributed by atoms with Gasteiger partial charge in [0.25, 0.3) is 0 Å². The molecule has 10 nitrogen and oxygen atoms in total. The molecule has 1 atom stereocenters. The van der Waals surface area contributed by atoms with Gasteiger partial charge in [0.05, 0.1) is 13.2 Å². The topological polar surface area (TPSA) is 101 Å². The largest absolute Gasteiger partial charge is 0.384 e. The number of likely N-dealkylation sites (N-methyl/N-ethyl adjacent to an activating group) is 1. The molecule has 41 heavy (non-hydrogen) atoms. The Morgan fingerprint density at radius 1 is 1.05 bits per heavy atom. The van der Waals surface area contributed by atoms with E-state index >= 15 is 0 Å². The van der Waals surface area contributed by atoms with E-state index in [2.05, 4.69) is 59.1 Å². The average molecular weight is 566 g/mol. The Labute approximate surface area is 246 Å². The molecule has 5 rings (SSSR count). The highest BCUT2D eigenvalue weighted by Crippen LogP contribution is 2.36. The van der Waals surface area contributed by atoms with Crippen LogP contribution in [0.5, 0.6) is 0 Å². The lowest BCUT2D eigenvalue weighted by Gasteiger charge is -2.29. The van der Waals surface area contributed by atoms with E-state index in [4.69, 9.17) is 25.4 Å². The summed E-state index contributed by atoms with van der Waals surface area (Å²) in [5.74, 6) is 3.77. The molecule has 0 amide bonds. The van der Waals surface area contributed by atoms with E-state index in [9.17, 15) is 0 Å². The molecule has 2 aliphatic heterocycles. The van der Waals surface area contributed by atoms with Crippen LogP contribution in [-0.4, -0.2) is 90.2 Å². The zero-order chi connectivity index (χ0) is 29.5. The van der Waals surface area contributed by atoms with E-state index < -0.39 is 0 Å². The normalized spacial score (nSPS) is 20.1. The van der Waals surface area contributed by atoms with E-state index in [0.29, 0.717) is 36.8 Å². The molecule has 0 spiro atoms. The molecule has 226 valence electrons. The van der Waals surface area contributed by atoms with Crippen molar-refractivity contribution in [1.82, 2.24) is 24.4 Å². The van der Waals surface area contributed by atoms with Gasteiger partial charge in [-0.25, -0.2) is 19.9 Å². The van der Waals surface area contributed by atoms with Crippen molar-refractivity contribution >= 4 is 34.7 Å². The van der Waals surface area contributed by atoms with Crippen molar-refractivity contribution in [3.63, 3.8) is 0 Å². The molecule has 4 heterocycles. The lowest BCUT2D eigenvalue weighted by atomic mass is 9.85. The molecule has 0 bridgehead atoms. The first kappa shape index (κ1) is 31.0. The number of imidazole rings is 1. The van der Waals surface area contributed by atoms with Crippen molar-refractivity contribution in [3.05, 3.63) is 23.3 Å². The number of aromatic nitrogens is 4. The van der Waals surface area contributed by atoms with E-state index in [0.717, 1.165) is 79.6 Å². The van der Waals surface area contributed by atoms with Gasteiger partial charge in [0.15, 0.2) is 22.8 Å². The van der Waals surface area contributed by atoms with Crippen LogP contribution < -0.4 is 15.5 Å². The summed E-state index contributed by atoms with van der Waals surface area (Å²) < 4.78 is 8.07. The number of fused-ring (bicyclic) bond motifs is 1. The van der Waals surface area contributed by atoms with Crippen LogP contribution in [0.3, 0.4) is 0 Å².